The van der Waals surface area contributed by atoms with Crippen molar-refractivity contribution >= 4 is 45.9 Å². The molecular weight excluding hydrogens is 459 g/mol. The fourth-order valence-corrected chi connectivity index (χ4v) is 3.69. The quantitative estimate of drug-likeness (QED) is 0.408. The van der Waals surface area contributed by atoms with E-state index in [1.54, 1.807) is 0 Å². The number of rotatable bonds is 7. The molecule has 0 bridgehead atoms. The summed E-state index contributed by atoms with van der Waals surface area (Å²) in [6, 6.07) is 17.9. The van der Waals surface area contributed by atoms with Crippen molar-refractivity contribution in [1.82, 2.24) is 14.8 Å². The molecule has 0 aliphatic heterocycles. The van der Waals surface area contributed by atoms with Gasteiger partial charge in [-0.15, -0.1) is 10.2 Å². The Balaban J connectivity index is 1.61. The highest BCUT2D eigenvalue weighted by molar-refractivity contribution is 14.1. The summed E-state index contributed by atoms with van der Waals surface area (Å²) >= 11 is 3.65. The lowest BCUT2D eigenvalue weighted by atomic mass is 10.1. The zero-order valence-electron chi connectivity index (χ0n) is 14.4. The van der Waals surface area contributed by atoms with Crippen molar-refractivity contribution in [2.45, 2.75) is 25.0 Å². The van der Waals surface area contributed by atoms with Gasteiger partial charge in [-0.2, -0.15) is 0 Å². The van der Waals surface area contributed by atoms with Crippen molar-refractivity contribution in [2.75, 3.05) is 11.1 Å². The van der Waals surface area contributed by atoms with Gasteiger partial charge in [0.2, 0.25) is 5.91 Å². The maximum absolute atomic E-state index is 12.2. The number of nitrogens with one attached hydrogen (secondary N) is 1. The summed E-state index contributed by atoms with van der Waals surface area (Å²) in [5.74, 6) is 1.17. The Labute approximate surface area is 170 Å². The van der Waals surface area contributed by atoms with Crippen molar-refractivity contribution < 1.29 is 4.79 Å². The smallest absolute Gasteiger partial charge is 0.234 e. The minimum atomic E-state index is -0.0496. The lowest BCUT2D eigenvalue weighted by Crippen LogP contribution is -2.14. The fraction of sp³-hybridized carbons (Fsp3) is 0.211. The van der Waals surface area contributed by atoms with Crippen molar-refractivity contribution in [3.63, 3.8) is 0 Å². The number of hydrogen-bond acceptors (Lipinski definition) is 4. The van der Waals surface area contributed by atoms with Crippen LogP contribution in [0.3, 0.4) is 0 Å². The van der Waals surface area contributed by atoms with E-state index in [2.05, 4.69) is 61.7 Å². The summed E-state index contributed by atoms with van der Waals surface area (Å²) in [5.41, 5.74) is 2.00. The second-order valence-electron chi connectivity index (χ2n) is 5.65. The molecule has 0 unspecified atom stereocenters. The number of thioether (sulfide) groups is 1. The summed E-state index contributed by atoms with van der Waals surface area (Å²) in [5, 5.41) is 12.3. The molecule has 1 N–H and O–H groups in total. The van der Waals surface area contributed by atoms with Gasteiger partial charge < -0.3 is 9.88 Å². The summed E-state index contributed by atoms with van der Waals surface area (Å²) in [7, 11) is 0. The van der Waals surface area contributed by atoms with E-state index in [0.29, 0.717) is 5.75 Å². The monoisotopic (exact) mass is 478 g/mol. The first kappa shape index (κ1) is 18.9. The van der Waals surface area contributed by atoms with Crippen LogP contribution in [-0.4, -0.2) is 26.4 Å². The standard InChI is InChI=1S/C19H19IN4OS/c1-2-24-17(12-14-6-4-3-5-7-14)22-23-19(24)26-13-18(25)21-16-10-8-15(20)9-11-16/h3-11H,2,12-13H2,1H3,(H,21,25). The molecule has 0 saturated carbocycles. The lowest BCUT2D eigenvalue weighted by molar-refractivity contribution is -0.113. The number of aromatic nitrogens is 3. The van der Waals surface area contributed by atoms with Gasteiger partial charge in [0, 0.05) is 22.2 Å². The van der Waals surface area contributed by atoms with Crippen molar-refractivity contribution in [2.24, 2.45) is 0 Å². The second-order valence-corrected chi connectivity index (χ2v) is 7.84. The number of nitrogens with zero attached hydrogens (tertiary/aromatic N) is 3. The molecule has 0 saturated heterocycles. The van der Waals surface area contributed by atoms with Crippen LogP contribution in [0.25, 0.3) is 0 Å². The molecule has 0 radical (unpaired) electrons. The third-order valence-corrected chi connectivity index (χ3v) is 5.46. The van der Waals surface area contributed by atoms with E-state index in [4.69, 9.17) is 0 Å². The second kappa shape index (κ2) is 9.18. The largest absolute Gasteiger partial charge is 0.325 e. The molecule has 0 aliphatic carbocycles. The van der Waals surface area contributed by atoms with Crippen molar-refractivity contribution in [3.05, 3.63) is 69.6 Å². The van der Waals surface area contributed by atoms with Crippen molar-refractivity contribution in [3.8, 4) is 0 Å². The van der Waals surface area contributed by atoms with Crippen LogP contribution in [0.1, 0.15) is 18.3 Å². The molecule has 5 nitrogen and oxygen atoms in total. The topological polar surface area (TPSA) is 59.8 Å². The summed E-state index contributed by atoms with van der Waals surface area (Å²) in [6.45, 7) is 2.84. The van der Waals surface area contributed by atoms with Crippen molar-refractivity contribution in [1.29, 1.82) is 0 Å². The first-order chi connectivity index (χ1) is 12.7. The zero-order valence-corrected chi connectivity index (χ0v) is 17.3. The number of carbonyl (C=O) groups excluding carboxylic acids is 1. The number of hydrogen-bond donors (Lipinski definition) is 1. The number of benzene rings is 2. The highest BCUT2D eigenvalue weighted by Gasteiger charge is 2.13. The van der Waals surface area contributed by atoms with E-state index in [1.807, 2.05) is 42.5 Å². The third kappa shape index (κ3) is 5.07. The minimum absolute atomic E-state index is 0.0496. The Morgan fingerprint density at radius 2 is 1.85 bits per heavy atom. The molecule has 7 heteroatoms. The molecule has 3 aromatic rings. The SMILES string of the molecule is CCn1c(Cc2ccccc2)nnc1SCC(=O)Nc1ccc(I)cc1. The molecule has 0 atom stereocenters. The fourth-order valence-electron chi connectivity index (χ4n) is 2.51. The van der Waals surface area contributed by atoms with Crippen LogP contribution in [0.4, 0.5) is 5.69 Å². The normalized spacial score (nSPS) is 10.7. The van der Waals surface area contributed by atoms with Gasteiger partial charge in [-0.3, -0.25) is 4.79 Å². The van der Waals surface area contributed by atoms with Crippen LogP contribution < -0.4 is 5.32 Å². The summed E-state index contributed by atoms with van der Waals surface area (Å²) in [6.07, 6.45) is 0.733. The molecule has 0 spiro atoms. The van der Waals surface area contributed by atoms with Crippen LogP contribution in [0.5, 0.6) is 0 Å². The highest BCUT2D eigenvalue weighted by atomic mass is 127. The number of halogens is 1. The van der Waals surface area contributed by atoms with Crippen LogP contribution in [0, 0.1) is 3.57 Å². The van der Waals surface area contributed by atoms with Gasteiger partial charge in [0.1, 0.15) is 5.82 Å². The van der Waals surface area contributed by atoms with Crippen LogP contribution in [0.2, 0.25) is 0 Å². The Hall–Kier alpha value is -1.87. The van der Waals surface area contributed by atoms with E-state index >= 15 is 0 Å². The van der Waals surface area contributed by atoms with Gasteiger partial charge in [-0.1, -0.05) is 42.1 Å². The Bertz CT molecular complexity index is 865. The highest BCUT2D eigenvalue weighted by Crippen LogP contribution is 2.19. The predicted molar refractivity (Wildman–Crippen MR) is 113 cm³/mol. The lowest BCUT2D eigenvalue weighted by Gasteiger charge is -2.08. The first-order valence-corrected chi connectivity index (χ1v) is 10.4. The predicted octanol–water partition coefficient (Wildman–Crippen LogP) is 4.22. The van der Waals surface area contributed by atoms with Crippen LogP contribution >= 0.6 is 34.4 Å². The van der Waals surface area contributed by atoms with Crippen LogP contribution in [-0.2, 0) is 17.8 Å². The maximum Gasteiger partial charge on any atom is 0.234 e. The Kier molecular flexibility index (Phi) is 6.67. The Morgan fingerprint density at radius 3 is 2.54 bits per heavy atom. The molecule has 26 heavy (non-hydrogen) atoms. The van der Waals surface area contributed by atoms with Gasteiger partial charge in [-0.25, -0.2) is 0 Å². The average Bonchev–Trinajstić information content (AvgIpc) is 3.04. The van der Waals surface area contributed by atoms with E-state index in [1.165, 1.54) is 17.3 Å². The van der Waals surface area contributed by atoms with Crippen LogP contribution in [0.15, 0.2) is 59.8 Å². The summed E-state index contributed by atoms with van der Waals surface area (Å²) in [4.78, 5) is 12.2. The number of carbonyl (C=O) groups is 1. The molecule has 1 heterocycles. The van der Waals surface area contributed by atoms with Gasteiger partial charge in [0.15, 0.2) is 5.16 Å². The molecule has 3 rings (SSSR count). The number of anilines is 1. The molecular formula is C19H19IN4OS. The third-order valence-electron chi connectivity index (χ3n) is 3.78. The molecule has 1 amide bonds. The first-order valence-electron chi connectivity index (χ1n) is 8.30. The van der Waals surface area contributed by atoms with Gasteiger partial charge in [0.25, 0.3) is 0 Å². The maximum atomic E-state index is 12.2. The van der Waals surface area contributed by atoms with Gasteiger partial charge in [0.05, 0.1) is 5.75 Å². The molecule has 0 aliphatic rings. The number of amides is 1. The molecule has 2 aromatic carbocycles. The van der Waals surface area contributed by atoms with E-state index in [9.17, 15) is 4.79 Å². The van der Waals surface area contributed by atoms with Gasteiger partial charge in [-0.05, 0) is 59.3 Å². The zero-order chi connectivity index (χ0) is 18.4. The Morgan fingerprint density at radius 1 is 1.12 bits per heavy atom. The molecule has 1 aromatic heterocycles. The van der Waals surface area contributed by atoms with E-state index in [0.717, 1.165) is 33.2 Å². The van der Waals surface area contributed by atoms with Gasteiger partial charge >= 0.3 is 0 Å². The summed E-state index contributed by atoms with van der Waals surface area (Å²) < 4.78 is 3.20. The minimum Gasteiger partial charge on any atom is -0.325 e. The molecule has 134 valence electrons. The molecule has 0 fully saturated rings. The average molecular weight is 478 g/mol. The van der Waals surface area contributed by atoms with E-state index in [-0.39, 0.29) is 5.91 Å². The van der Waals surface area contributed by atoms with E-state index < -0.39 is 0 Å².